The molecule has 0 unspecified atom stereocenters. The van der Waals surface area contributed by atoms with Gasteiger partial charge in [-0.15, -0.1) is 0 Å². The van der Waals surface area contributed by atoms with Gasteiger partial charge in [0.15, 0.2) is 0 Å². The van der Waals surface area contributed by atoms with Crippen LogP contribution in [-0.4, -0.2) is 27.9 Å². The highest BCUT2D eigenvalue weighted by atomic mass is 15.2. The average molecular weight is 384 g/mol. The van der Waals surface area contributed by atoms with Crippen LogP contribution in [0, 0.1) is 6.92 Å². The molecule has 0 atom stereocenters. The van der Waals surface area contributed by atoms with Crippen LogP contribution in [0.4, 0.5) is 0 Å². The minimum atomic E-state index is 0.0405. The standard InChI is InChI=1S/C23H24N6/c1-13-19-16(28-11-10-24-21(28)26(19)5)12-17-20(13)27(6)22-25-18-14(23(2,3)4)8-7-9-15(18)29(17)22/h7-12H,1-6H3. The molecule has 0 aliphatic heterocycles. The third kappa shape index (κ3) is 1.86. The maximum Gasteiger partial charge on any atom is 0.215 e. The maximum atomic E-state index is 5.11. The molecule has 0 aliphatic carbocycles. The van der Waals surface area contributed by atoms with Crippen LogP contribution in [0.2, 0.25) is 0 Å². The summed E-state index contributed by atoms with van der Waals surface area (Å²) in [4.78, 5) is 9.64. The number of fused-ring (bicyclic) bond motifs is 8. The minimum absolute atomic E-state index is 0.0405. The van der Waals surface area contributed by atoms with Gasteiger partial charge in [-0.1, -0.05) is 32.9 Å². The van der Waals surface area contributed by atoms with E-state index in [1.165, 1.54) is 33.2 Å². The van der Waals surface area contributed by atoms with Crippen LogP contribution in [0.5, 0.6) is 0 Å². The van der Waals surface area contributed by atoms with Crippen LogP contribution in [0.3, 0.4) is 0 Å². The van der Waals surface area contributed by atoms with E-state index in [9.17, 15) is 0 Å². The number of aryl methyl sites for hydroxylation is 3. The first-order chi connectivity index (χ1) is 13.8. The van der Waals surface area contributed by atoms with E-state index >= 15 is 0 Å². The monoisotopic (exact) mass is 384 g/mol. The predicted molar refractivity (Wildman–Crippen MR) is 118 cm³/mol. The summed E-state index contributed by atoms with van der Waals surface area (Å²) in [5.41, 5.74) is 9.60. The summed E-state index contributed by atoms with van der Waals surface area (Å²) in [6.07, 6.45) is 3.89. The molecule has 4 heterocycles. The molecule has 4 aromatic heterocycles. The van der Waals surface area contributed by atoms with Crippen LogP contribution in [-0.2, 0) is 19.5 Å². The molecule has 29 heavy (non-hydrogen) atoms. The molecule has 0 N–H and O–H groups in total. The summed E-state index contributed by atoms with van der Waals surface area (Å²) in [7, 11) is 4.20. The van der Waals surface area contributed by atoms with Crippen molar-refractivity contribution in [2.24, 2.45) is 14.1 Å². The van der Waals surface area contributed by atoms with Crippen LogP contribution in [0.1, 0.15) is 31.9 Å². The number of para-hydroxylation sites is 1. The van der Waals surface area contributed by atoms with Gasteiger partial charge in [0.2, 0.25) is 11.6 Å². The number of aromatic nitrogens is 6. The van der Waals surface area contributed by atoms with Crippen LogP contribution >= 0.6 is 0 Å². The first-order valence-electron chi connectivity index (χ1n) is 10.00. The number of hydrogen-bond donors (Lipinski definition) is 0. The highest BCUT2D eigenvalue weighted by Gasteiger charge is 2.24. The van der Waals surface area contributed by atoms with Crippen LogP contribution in [0.25, 0.3) is 44.7 Å². The lowest BCUT2D eigenvalue weighted by molar-refractivity contribution is 0.595. The smallest absolute Gasteiger partial charge is 0.215 e. The van der Waals surface area contributed by atoms with Gasteiger partial charge in [-0.2, -0.15) is 0 Å². The van der Waals surface area contributed by atoms with Gasteiger partial charge in [0.05, 0.1) is 33.1 Å². The van der Waals surface area contributed by atoms with Gasteiger partial charge in [-0.3, -0.25) is 8.80 Å². The van der Waals surface area contributed by atoms with E-state index in [0.29, 0.717) is 0 Å². The quantitative estimate of drug-likeness (QED) is 0.380. The van der Waals surface area contributed by atoms with Gasteiger partial charge in [0.1, 0.15) is 0 Å². The summed E-state index contributed by atoms with van der Waals surface area (Å²) < 4.78 is 8.88. The molecule has 0 aliphatic rings. The first-order valence-corrected chi connectivity index (χ1v) is 10.00. The molecule has 2 aromatic carbocycles. The molecule has 6 aromatic rings. The van der Waals surface area contributed by atoms with E-state index < -0.39 is 0 Å². The normalized spacial score (nSPS) is 13.2. The Kier molecular flexibility index (Phi) is 2.87. The Balaban J connectivity index is 1.88. The maximum absolute atomic E-state index is 5.11. The topological polar surface area (TPSA) is 44.5 Å². The zero-order valence-electron chi connectivity index (χ0n) is 17.6. The largest absolute Gasteiger partial charge is 0.312 e. The Morgan fingerprint density at radius 2 is 1.62 bits per heavy atom. The number of hydrogen-bond acceptors (Lipinski definition) is 2. The summed E-state index contributed by atoms with van der Waals surface area (Å²) in [6, 6.07) is 8.82. The van der Waals surface area contributed by atoms with Crippen molar-refractivity contribution in [3.63, 3.8) is 0 Å². The predicted octanol–water partition coefficient (Wildman–Crippen LogP) is 4.72. The highest BCUT2D eigenvalue weighted by molar-refractivity contribution is 6.02. The van der Waals surface area contributed by atoms with E-state index in [0.717, 1.165) is 22.6 Å². The third-order valence-electron chi connectivity index (χ3n) is 6.34. The molecule has 6 heteroatoms. The van der Waals surface area contributed by atoms with Gasteiger partial charge >= 0.3 is 0 Å². The molecular weight excluding hydrogens is 360 g/mol. The number of nitrogens with zero attached hydrogens (tertiary/aromatic N) is 6. The number of benzene rings is 2. The molecule has 0 radical (unpaired) electrons. The second-order valence-electron chi connectivity index (χ2n) is 9.12. The Morgan fingerprint density at radius 1 is 0.897 bits per heavy atom. The van der Waals surface area contributed by atoms with Gasteiger partial charge in [0, 0.05) is 32.1 Å². The Bertz CT molecular complexity index is 1610. The molecule has 6 nitrogen and oxygen atoms in total. The molecule has 0 saturated carbocycles. The van der Waals surface area contributed by atoms with Crippen molar-refractivity contribution >= 4 is 44.7 Å². The molecule has 0 saturated heterocycles. The molecule has 0 amide bonds. The average Bonchev–Trinajstić information content (AvgIpc) is 3.38. The molecular formula is C23H24N6. The lowest BCUT2D eigenvalue weighted by atomic mass is 9.86. The molecule has 0 spiro atoms. The fourth-order valence-corrected chi connectivity index (χ4v) is 5.05. The van der Waals surface area contributed by atoms with E-state index in [-0.39, 0.29) is 5.41 Å². The van der Waals surface area contributed by atoms with Crippen molar-refractivity contribution in [1.29, 1.82) is 0 Å². The second kappa shape index (κ2) is 5.00. The summed E-state index contributed by atoms with van der Waals surface area (Å²) in [6.45, 7) is 8.94. The zero-order chi connectivity index (χ0) is 20.2. The molecule has 0 bridgehead atoms. The zero-order valence-corrected chi connectivity index (χ0v) is 17.6. The van der Waals surface area contributed by atoms with E-state index in [1.54, 1.807) is 0 Å². The van der Waals surface area contributed by atoms with E-state index in [4.69, 9.17) is 4.98 Å². The van der Waals surface area contributed by atoms with Crippen LogP contribution in [0.15, 0.2) is 36.7 Å². The third-order valence-corrected chi connectivity index (χ3v) is 6.34. The van der Waals surface area contributed by atoms with Crippen molar-refractivity contribution in [3.8, 4) is 0 Å². The fraction of sp³-hybridized carbons (Fsp3) is 0.304. The summed E-state index contributed by atoms with van der Waals surface area (Å²) >= 11 is 0. The van der Waals surface area contributed by atoms with Gasteiger partial charge in [-0.25, -0.2) is 9.97 Å². The molecule has 0 fully saturated rings. The van der Waals surface area contributed by atoms with Crippen molar-refractivity contribution in [2.45, 2.75) is 33.1 Å². The number of rotatable bonds is 0. The molecule has 6 rings (SSSR count). The lowest BCUT2D eigenvalue weighted by Gasteiger charge is -2.19. The van der Waals surface area contributed by atoms with Gasteiger partial charge in [-0.05, 0) is 30.0 Å². The highest BCUT2D eigenvalue weighted by Crippen LogP contribution is 2.36. The minimum Gasteiger partial charge on any atom is -0.312 e. The first kappa shape index (κ1) is 16.7. The van der Waals surface area contributed by atoms with Gasteiger partial charge < -0.3 is 9.13 Å². The lowest BCUT2D eigenvalue weighted by Crippen LogP contribution is -2.11. The van der Waals surface area contributed by atoms with Gasteiger partial charge in [0.25, 0.3) is 0 Å². The van der Waals surface area contributed by atoms with Crippen molar-refractivity contribution in [2.75, 3.05) is 0 Å². The van der Waals surface area contributed by atoms with E-state index in [2.05, 4.69) is 89.0 Å². The van der Waals surface area contributed by atoms with E-state index in [1.807, 2.05) is 12.4 Å². The van der Waals surface area contributed by atoms with Crippen molar-refractivity contribution in [3.05, 3.63) is 47.8 Å². The molecule has 146 valence electrons. The van der Waals surface area contributed by atoms with Crippen LogP contribution < -0.4 is 0 Å². The fourth-order valence-electron chi connectivity index (χ4n) is 5.05. The second-order valence-corrected chi connectivity index (χ2v) is 9.12. The Hall–Kier alpha value is -3.28. The number of imidazole rings is 4. The SMILES string of the molecule is Cc1c2c(cc3c1n(C)c1nc4c(C(C)(C)C)cccc4n31)n1ccnc1n2C. The summed E-state index contributed by atoms with van der Waals surface area (Å²) in [5, 5.41) is 0. The Morgan fingerprint density at radius 3 is 2.38 bits per heavy atom. The van der Waals surface area contributed by atoms with Crippen molar-refractivity contribution in [1.82, 2.24) is 27.9 Å². The van der Waals surface area contributed by atoms with Crippen molar-refractivity contribution < 1.29 is 0 Å². The Labute approximate surface area is 168 Å². The summed E-state index contributed by atoms with van der Waals surface area (Å²) in [5.74, 6) is 1.94.